The smallest absolute Gasteiger partial charge is 0.225 e. The van der Waals surface area contributed by atoms with Gasteiger partial charge in [0.25, 0.3) is 0 Å². The van der Waals surface area contributed by atoms with E-state index in [4.69, 9.17) is 4.42 Å². The van der Waals surface area contributed by atoms with Gasteiger partial charge in [0, 0.05) is 12.5 Å². The van der Waals surface area contributed by atoms with Gasteiger partial charge in [0.2, 0.25) is 5.91 Å². The zero-order chi connectivity index (χ0) is 15.2. The van der Waals surface area contributed by atoms with E-state index in [1.54, 1.807) is 17.3 Å². The fraction of sp³-hybridized carbons (Fsp3) is 0.533. The molecule has 6 nitrogen and oxygen atoms in total. The Morgan fingerprint density at radius 2 is 2.24 bits per heavy atom. The summed E-state index contributed by atoms with van der Waals surface area (Å²) in [6.45, 7) is 7.34. The molecule has 1 atom stereocenters. The van der Waals surface area contributed by atoms with Gasteiger partial charge >= 0.3 is 0 Å². The van der Waals surface area contributed by atoms with E-state index in [-0.39, 0.29) is 11.9 Å². The van der Waals surface area contributed by atoms with E-state index in [2.05, 4.69) is 30.9 Å². The van der Waals surface area contributed by atoms with Crippen LogP contribution in [0.3, 0.4) is 0 Å². The third-order valence-electron chi connectivity index (χ3n) is 3.70. The van der Waals surface area contributed by atoms with Crippen LogP contribution in [0.4, 0.5) is 0 Å². The van der Waals surface area contributed by atoms with Crippen LogP contribution >= 0.6 is 0 Å². The summed E-state index contributed by atoms with van der Waals surface area (Å²) in [7, 11) is 0. The average molecular weight is 290 g/mol. The van der Waals surface area contributed by atoms with Crippen LogP contribution in [0.25, 0.3) is 0 Å². The van der Waals surface area contributed by atoms with Crippen LogP contribution in [0.2, 0.25) is 0 Å². The number of aryl methyl sites for hydroxylation is 1. The Bertz CT molecular complexity index is 534. The quantitative estimate of drug-likeness (QED) is 0.785. The maximum atomic E-state index is 12.5. The fourth-order valence-corrected chi connectivity index (χ4v) is 2.09. The molecule has 0 unspecified atom stereocenters. The molecule has 0 aliphatic rings. The summed E-state index contributed by atoms with van der Waals surface area (Å²) in [6.07, 6.45) is 5.13. The van der Waals surface area contributed by atoms with Gasteiger partial charge in [0.05, 0.1) is 19.4 Å². The van der Waals surface area contributed by atoms with Crippen molar-refractivity contribution in [3.8, 4) is 0 Å². The largest absolute Gasteiger partial charge is 0.467 e. The summed E-state index contributed by atoms with van der Waals surface area (Å²) < 4.78 is 7.04. The van der Waals surface area contributed by atoms with E-state index in [1.807, 2.05) is 17.0 Å². The minimum Gasteiger partial charge on any atom is -0.467 e. The first-order chi connectivity index (χ1) is 10.1. The van der Waals surface area contributed by atoms with Crippen LogP contribution in [-0.4, -0.2) is 31.6 Å². The van der Waals surface area contributed by atoms with Crippen LogP contribution in [0, 0.1) is 5.92 Å². The van der Waals surface area contributed by atoms with Crippen LogP contribution in [0.1, 0.15) is 33.0 Å². The molecule has 0 saturated carbocycles. The molecule has 0 aliphatic carbocycles. The second-order valence-corrected chi connectivity index (χ2v) is 5.49. The lowest BCUT2D eigenvalue weighted by Crippen LogP contribution is -2.41. The van der Waals surface area contributed by atoms with Crippen molar-refractivity contribution in [2.75, 3.05) is 0 Å². The Morgan fingerprint density at radius 1 is 1.43 bits per heavy atom. The minimum atomic E-state index is 0.100. The first-order valence-electron chi connectivity index (χ1n) is 7.22. The molecular formula is C15H22N4O2. The zero-order valence-electron chi connectivity index (χ0n) is 12.8. The summed E-state index contributed by atoms with van der Waals surface area (Å²) in [5.41, 5.74) is 0. The maximum Gasteiger partial charge on any atom is 0.225 e. The van der Waals surface area contributed by atoms with Gasteiger partial charge in [-0.1, -0.05) is 13.8 Å². The molecular weight excluding hydrogens is 268 g/mol. The van der Waals surface area contributed by atoms with E-state index >= 15 is 0 Å². The maximum absolute atomic E-state index is 12.5. The molecule has 2 aromatic rings. The van der Waals surface area contributed by atoms with Gasteiger partial charge in [0.1, 0.15) is 18.4 Å². The molecule has 21 heavy (non-hydrogen) atoms. The van der Waals surface area contributed by atoms with Crippen molar-refractivity contribution in [3.05, 3.63) is 36.8 Å². The second-order valence-electron chi connectivity index (χ2n) is 5.49. The van der Waals surface area contributed by atoms with Crippen molar-refractivity contribution in [3.63, 3.8) is 0 Å². The molecule has 2 aromatic heterocycles. The highest BCUT2D eigenvalue weighted by Gasteiger charge is 2.23. The van der Waals surface area contributed by atoms with E-state index in [9.17, 15) is 4.79 Å². The highest BCUT2D eigenvalue weighted by atomic mass is 16.3. The van der Waals surface area contributed by atoms with E-state index < -0.39 is 0 Å². The van der Waals surface area contributed by atoms with Gasteiger partial charge in [-0.25, -0.2) is 4.98 Å². The van der Waals surface area contributed by atoms with Crippen molar-refractivity contribution in [1.82, 2.24) is 19.7 Å². The summed E-state index contributed by atoms with van der Waals surface area (Å²) in [5.74, 6) is 1.29. The molecule has 2 heterocycles. The zero-order valence-corrected chi connectivity index (χ0v) is 12.8. The first-order valence-corrected chi connectivity index (χ1v) is 7.22. The highest BCUT2D eigenvalue weighted by Crippen LogP contribution is 2.16. The normalized spacial score (nSPS) is 12.6. The molecule has 1 amide bonds. The predicted octanol–water partition coefficient (Wildman–Crippen LogP) is 2.33. The Kier molecular flexibility index (Phi) is 5.14. The van der Waals surface area contributed by atoms with Crippen LogP contribution in [-0.2, 0) is 17.9 Å². The topological polar surface area (TPSA) is 64.2 Å². The fourth-order valence-electron chi connectivity index (χ4n) is 2.09. The lowest BCUT2D eigenvalue weighted by Gasteiger charge is -2.31. The van der Waals surface area contributed by atoms with E-state index in [0.717, 1.165) is 5.76 Å². The van der Waals surface area contributed by atoms with E-state index in [1.165, 1.54) is 6.33 Å². The standard InChI is InChI=1S/C15H22N4O2/c1-12(2)13(3)19(9-14-5-4-8-21-14)15(20)6-7-18-11-16-10-17-18/h4-5,8,10-13H,6-7,9H2,1-3H3/t13-/m0/s1. The number of furan rings is 1. The first kappa shape index (κ1) is 15.3. The molecule has 2 rings (SSSR count). The number of rotatable bonds is 7. The average Bonchev–Trinajstić information content (AvgIpc) is 3.14. The molecule has 0 radical (unpaired) electrons. The Labute approximate surface area is 124 Å². The molecule has 6 heteroatoms. The third kappa shape index (κ3) is 4.18. The van der Waals surface area contributed by atoms with E-state index in [0.29, 0.717) is 25.4 Å². The SMILES string of the molecule is CC(C)[C@H](C)N(Cc1ccco1)C(=O)CCn1cncn1. The van der Waals surface area contributed by atoms with Gasteiger partial charge in [-0.05, 0) is 25.0 Å². The van der Waals surface area contributed by atoms with Crippen molar-refractivity contribution in [1.29, 1.82) is 0 Å². The number of carbonyl (C=O) groups excluding carboxylic acids is 1. The lowest BCUT2D eigenvalue weighted by molar-refractivity contribution is -0.135. The number of hydrogen-bond donors (Lipinski definition) is 0. The molecule has 0 fully saturated rings. The molecule has 0 spiro atoms. The lowest BCUT2D eigenvalue weighted by atomic mass is 10.0. The minimum absolute atomic E-state index is 0.100. The summed E-state index contributed by atoms with van der Waals surface area (Å²) in [5, 5.41) is 4.02. The highest BCUT2D eigenvalue weighted by molar-refractivity contribution is 5.76. The Hall–Kier alpha value is -2.11. The molecule has 0 aromatic carbocycles. The summed E-state index contributed by atoms with van der Waals surface area (Å²) >= 11 is 0. The molecule has 114 valence electrons. The predicted molar refractivity (Wildman–Crippen MR) is 78.2 cm³/mol. The van der Waals surface area contributed by atoms with Crippen LogP contribution in [0.5, 0.6) is 0 Å². The van der Waals surface area contributed by atoms with Gasteiger partial charge in [-0.2, -0.15) is 5.10 Å². The summed E-state index contributed by atoms with van der Waals surface area (Å²) in [6, 6.07) is 3.89. The van der Waals surface area contributed by atoms with Crippen molar-refractivity contribution in [2.24, 2.45) is 5.92 Å². The molecule has 0 saturated heterocycles. The van der Waals surface area contributed by atoms with Gasteiger partial charge < -0.3 is 9.32 Å². The Balaban J connectivity index is 2.01. The van der Waals surface area contributed by atoms with Crippen molar-refractivity contribution < 1.29 is 9.21 Å². The monoisotopic (exact) mass is 290 g/mol. The van der Waals surface area contributed by atoms with Gasteiger partial charge in [0.15, 0.2) is 0 Å². The molecule has 0 aliphatic heterocycles. The Morgan fingerprint density at radius 3 is 2.81 bits per heavy atom. The van der Waals surface area contributed by atoms with Crippen molar-refractivity contribution in [2.45, 2.75) is 46.3 Å². The number of amides is 1. The summed E-state index contributed by atoms with van der Waals surface area (Å²) in [4.78, 5) is 18.3. The third-order valence-corrected chi connectivity index (χ3v) is 3.70. The van der Waals surface area contributed by atoms with Crippen LogP contribution < -0.4 is 0 Å². The molecule has 0 N–H and O–H groups in total. The van der Waals surface area contributed by atoms with Crippen LogP contribution in [0.15, 0.2) is 35.5 Å². The number of nitrogens with zero attached hydrogens (tertiary/aromatic N) is 4. The number of aromatic nitrogens is 3. The number of hydrogen-bond acceptors (Lipinski definition) is 4. The second kappa shape index (κ2) is 7.06. The molecule has 0 bridgehead atoms. The van der Waals surface area contributed by atoms with Gasteiger partial charge in [-0.3, -0.25) is 9.48 Å². The van der Waals surface area contributed by atoms with Crippen molar-refractivity contribution >= 4 is 5.91 Å². The van der Waals surface area contributed by atoms with Gasteiger partial charge in [-0.15, -0.1) is 0 Å². The number of carbonyl (C=O) groups is 1.